The SMILES string of the molecule is O=S(O)Nc1ccc(F)c2ccccc12. The van der Waals surface area contributed by atoms with Crippen molar-refractivity contribution in [1.29, 1.82) is 0 Å². The van der Waals surface area contributed by atoms with Crippen molar-refractivity contribution in [1.82, 2.24) is 0 Å². The van der Waals surface area contributed by atoms with Crippen molar-refractivity contribution in [3.8, 4) is 0 Å². The normalized spacial score (nSPS) is 12.7. The van der Waals surface area contributed by atoms with Crippen LogP contribution in [-0.4, -0.2) is 8.76 Å². The summed E-state index contributed by atoms with van der Waals surface area (Å²) in [5, 5.41) is 1.01. The number of hydrogen-bond donors (Lipinski definition) is 2. The fourth-order valence-corrected chi connectivity index (χ4v) is 1.81. The van der Waals surface area contributed by atoms with E-state index >= 15 is 0 Å². The number of fused-ring (bicyclic) bond motifs is 1. The lowest BCUT2D eigenvalue weighted by Crippen LogP contribution is -2.02. The lowest BCUT2D eigenvalue weighted by molar-refractivity contribution is 0.570. The minimum Gasteiger partial charge on any atom is -0.289 e. The van der Waals surface area contributed by atoms with Crippen molar-refractivity contribution >= 4 is 27.7 Å². The molecule has 2 rings (SSSR count). The third kappa shape index (κ3) is 1.98. The summed E-state index contributed by atoms with van der Waals surface area (Å²) in [5.41, 5.74) is 0.438. The maximum absolute atomic E-state index is 13.3. The number of hydrogen-bond acceptors (Lipinski definition) is 1. The second kappa shape index (κ2) is 3.96. The quantitative estimate of drug-likeness (QED) is 0.771. The fraction of sp³-hybridized carbons (Fsp3) is 0. The summed E-state index contributed by atoms with van der Waals surface area (Å²) < 4.78 is 35.0. The van der Waals surface area contributed by atoms with Gasteiger partial charge in [-0.1, -0.05) is 24.3 Å². The minimum atomic E-state index is -2.15. The van der Waals surface area contributed by atoms with E-state index in [0.29, 0.717) is 16.5 Å². The Balaban J connectivity index is 2.66. The molecule has 1 unspecified atom stereocenters. The van der Waals surface area contributed by atoms with Crippen LogP contribution in [0, 0.1) is 5.82 Å². The van der Waals surface area contributed by atoms with Gasteiger partial charge in [0.15, 0.2) is 0 Å². The maximum Gasteiger partial charge on any atom is 0.259 e. The summed E-state index contributed by atoms with van der Waals surface area (Å²) in [6, 6.07) is 9.46. The van der Waals surface area contributed by atoms with Crippen LogP contribution in [0.4, 0.5) is 10.1 Å². The molecule has 0 radical (unpaired) electrons. The molecule has 0 heterocycles. The summed E-state index contributed by atoms with van der Waals surface area (Å²) in [5.74, 6) is -0.347. The topological polar surface area (TPSA) is 49.3 Å². The molecule has 0 saturated carbocycles. The van der Waals surface area contributed by atoms with E-state index in [4.69, 9.17) is 4.55 Å². The first-order valence-corrected chi connectivity index (χ1v) is 5.34. The average molecular weight is 225 g/mol. The van der Waals surface area contributed by atoms with E-state index in [1.54, 1.807) is 24.3 Å². The molecule has 2 aromatic rings. The molecule has 78 valence electrons. The highest BCUT2D eigenvalue weighted by molar-refractivity contribution is 7.80. The van der Waals surface area contributed by atoms with Gasteiger partial charge >= 0.3 is 0 Å². The lowest BCUT2D eigenvalue weighted by Gasteiger charge is -2.06. The largest absolute Gasteiger partial charge is 0.289 e. The molecule has 3 nitrogen and oxygen atoms in total. The Bertz CT molecular complexity index is 530. The molecular formula is C10H8FNO2S. The Morgan fingerprint density at radius 3 is 2.47 bits per heavy atom. The first-order valence-electron chi connectivity index (χ1n) is 4.23. The molecule has 0 amide bonds. The smallest absolute Gasteiger partial charge is 0.259 e. The van der Waals surface area contributed by atoms with Gasteiger partial charge in [0.25, 0.3) is 11.3 Å². The number of nitrogens with one attached hydrogen (secondary N) is 1. The zero-order valence-electron chi connectivity index (χ0n) is 7.61. The Hall–Kier alpha value is -1.46. The zero-order valence-corrected chi connectivity index (χ0v) is 8.42. The first-order chi connectivity index (χ1) is 7.18. The second-order valence-corrected chi connectivity index (χ2v) is 3.69. The van der Waals surface area contributed by atoms with Crippen molar-refractivity contribution in [3.63, 3.8) is 0 Å². The summed E-state index contributed by atoms with van der Waals surface area (Å²) in [6.07, 6.45) is 0. The molecule has 0 aromatic heterocycles. The van der Waals surface area contributed by atoms with Crippen molar-refractivity contribution in [2.75, 3.05) is 4.72 Å². The highest BCUT2D eigenvalue weighted by Crippen LogP contribution is 2.25. The van der Waals surface area contributed by atoms with Crippen LogP contribution >= 0.6 is 0 Å². The predicted octanol–water partition coefficient (Wildman–Crippen LogP) is 2.53. The molecule has 2 N–H and O–H groups in total. The standard InChI is InChI=1S/C10H8FNO2S/c11-9-5-6-10(12-15(13)14)8-4-2-1-3-7(8)9/h1-6,12H,(H,13,14). The molecule has 0 saturated heterocycles. The van der Waals surface area contributed by atoms with Crippen molar-refractivity contribution in [3.05, 3.63) is 42.2 Å². The molecule has 15 heavy (non-hydrogen) atoms. The van der Waals surface area contributed by atoms with E-state index in [0.717, 1.165) is 0 Å². The van der Waals surface area contributed by atoms with E-state index < -0.39 is 11.3 Å². The number of rotatable bonds is 2. The van der Waals surface area contributed by atoms with E-state index in [1.165, 1.54) is 12.1 Å². The summed E-state index contributed by atoms with van der Waals surface area (Å²) in [4.78, 5) is 0. The highest BCUT2D eigenvalue weighted by Gasteiger charge is 2.05. The van der Waals surface area contributed by atoms with Crippen LogP contribution in [0.2, 0.25) is 0 Å². The van der Waals surface area contributed by atoms with Crippen LogP contribution in [0.5, 0.6) is 0 Å². The summed E-state index contributed by atoms with van der Waals surface area (Å²) in [6.45, 7) is 0. The van der Waals surface area contributed by atoms with E-state index in [-0.39, 0.29) is 5.82 Å². The van der Waals surface area contributed by atoms with Crippen molar-refractivity contribution in [2.45, 2.75) is 0 Å². The van der Waals surface area contributed by atoms with Gasteiger partial charge in [-0.05, 0) is 12.1 Å². The van der Waals surface area contributed by atoms with Crippen LogP contribution in [0.3, 0.4) is 0 Å². The summed E-state index contributed by atoms with van der Waals surface area (Å²) >= 11 is -2.15. The van der Waals surface area contributed by atoms with Gasteiger partial charge in [0.2, 0.25) is 0 Å². The molecule has 5 heteroatoms. The Morgan fingerprint density at radius 2 is 1.80 bits per heavy atom. The number of benzene rings is 2. The number of anilines is 1. The van der Waals surface area contributed by atoms with Gasteiger partial charge in [-0.25, -0.2) is 8.60 Å². The fourth-order valence-electron chi connectivity index (χ4n) is 1.45. The lowest BCUT2D eigenvalue weighted by atomic mass is 10.1. The van der Waals surface area contributed by atoms with Crippen molar-refractivity contribution in [2.24, 2.45) is 0 Å². The third-order valence-electron chi connectivity index (χ3n) is 2.07. The average Bonchev–Trinajstić information content (AvgIpc) is 2.22. The zero-order chi connectivity index (χ0) is 10.8. The van der Waals surface area contributed by atoms with Gasteiger partial charge in [0, 0.05) is 10.8 Å². The van der Waals surface area contributed by atoms with E-state index in [1.807, 2.05) is 0 Å². The third-order valence-corrected chi connectivity index (χ3v) is 2.46. The number of halogens is 1. The molecule has 0 spiro atoms. The van der Waals surface area contributed by atoms with Gasteiger partial charge in [0.05, 0.1) is 5.69 Å². The van der Waals surface area contributed by atoms with Gasteiger partial charge in [-0.3, -0.25) is 9.27 Å². The molecule has 2 aromatic carbocycles. The molecule has 0 aliphatic heterocycles. The Labute approximate surface area is 88.3 Å². The van der Waals surface area contributed by atoms with Gasteiger partial charge < -0.3 is 0 Å². The first kappa shape index (κ1) is 10.1. The molecular weight excluding hydrogens is 217 g/mol. The molecule has 1 atom stereocenters. The molecule has 0 fully saturated rings. The Morgan fingerprint density at radius 1 is 1.13 bits per heavy atom. The van der Waals surface area contributed by atoms with Crippen LogP contribution in [0.1, 0.15) is 0 Å². The molecule has 0 aliphatic rings. The second-order valence-electron chi connectivity index (χ2n) is 2.99. The highest BCUT2D eigenvalue weighted by atomic mass is 32.2. The predicted molar refractivity (Wildman–Crippen MR) is 58.3 cm³/mol. The van der Waals surface area contributed by atoms with E-state index in [9.17, 15) is 8.60 Å². The summed E-state index contributed by atoms with van der Waals surface area (Å²) in [7, 11) is 0. The van der Waals surface area contributed by atoms with Gasteiger partial charge in [-0.15, -0.1) is 0 Å². The Kier molecular flexibility index (Phi) is 2.66. The van der Waals surface area contributed by atoms with Gasteiger partial charge in [-0.2, -0.15) is 0 Å². The van der Waals surface area contributed by atoms with Crippen LogP contribution in [-0.2, 0) is 11.3 Å². The van der Waals surface area contributed by atoms with Crippen LogP contribution in [0.25, 0.3) is 10.8 Å². The molecule has 0 aliphatic carbocycles. The molecule has 0 bridgehead atoms. The van der Waals surface area contributed by atoms with E-state index in [2.05, 4.69) is 4.72 Å². The van der Waals surface area contributed by atoms with Crippen molar-refractivity contribution < 1.29 is 13.2 Å². The maximum atomic E-state index is 13.3. The van der Waals surface area contributed by atoms with Crippen LogP contribution < -0.4 is 4.72 Å². The minimum absolute atomic E-state index is 0.347. The van der Waals surface area contributed by atoms with Gasteiger partial charge in [0.1, 0.15) is 5.82 Å². The monoisotopic (exact) mass is 225 g/mol. The van der Waals surface area contributed by atoms with Crippen LogP contribution in [0.15, 0.2) is 36.4 Å².